The van der Waals surface area contributed by atoms with Crippen LogP contribution >= 0.6 is 0 Å². The van der Waals surface area contributed by atoms with Gasteiger partial charge in [-0.25, -0.2) is 0 Å². The summed E-state index contributed by atoms with van der Waals surface area (Å²) >= 11 is 0. The Morgan fingerprint density at radius 2 is 1.93 bits per heavy atom. The van der Waals surface area contributed by atoms with E-state index >= 15 is 0 Å². The number of hydrogen-bond acceptors (Lipinski definition) is 2. The summed E-state index contributed by atoms with van der Waals surface area (Å²) in [7, 11) is 0. The Kier molecular flexibility index (Phi) is 5.92. The van der Waals surface area contributed by atoms with Crippen molar-refractivity contribution in [2.24, 2.45) is 4.99 Å². The largest absolute Gasteiger partial charge is 0.293 e. The Morgan fingerprint density at radius 3 is 2.67 bits per heavy atom. The molecule has 0 spiro atoms. The second kappa shape index (κ2) is 7.75. The zero-order chi connectivity index (χ0) is 10.8. The molecule has 15 heavy (non-hydrogen) atoms. The number of benzene rings is 1. The van der Waals surface area contributed by atoms with Gasteiger partial charge in [-0.15, -0.1) is 0 Å². The molecule has 0 radical (unpaired) electrons. The molecule has 0 saturated carbocycles. The zero-order valence-electron chi connectivity index (χ0n) is 8.89. The summed E-state index contributed by atoms with van der Waals surface area (Å²) in [4.78, 5) is 4.33. The fraction of sp³-hybridized carbons (Fsp3) is 0.385. The molecule has 1 aromatic carbocycles. The first kappa shape index (κ1) is 11.5. The molecule has 78 valence electrons. The Hall–Kier alpha value is -1.62. The normalized spacial score (nSPS) is 10.3. The summed E-state index contributed by atoms with van der Waals surface area (Å²) in [6, 6.07) is 12.2. The van der Waals surface area contributed by atoms with Crippen molar-refractivity contribution in [3.05, 3.63) is 35.9 Å². The van der Waals surface area contributed by atoms with Gasteiger partial charge in [0.05, 0.1) is 6.07 Å². The molecule has 0 fully saturated rings. The Balaban J connectivity index is 2.10. The molecular formula is C13H16N2. The van der Waals surface area contributed by atoms with E-state index in [-0.39, 0.29) is 0 Å². The van der Waals surface area contributed by atoms with E-state index in [0.29, 0.717) is 6.42 Å². The third-order valence-corrected chi connectivity index (χ3v) is 2.12. The van der Waals surface area contributed by atoms with Gasteiger partial charge in [0, 0.05) is 19.2 Å². The standard InChI is InChI=1S/C13H16N2/c14-10-6-1-2-7-11-15-12-13-8-4-3-5-9-13/h3-5,8-9,12H,1-2,6-7,11H2. The fourth-order valence-corrected chi connectivity index (χ4v) is 1.29. The number of nitriles is 1. The highest BCUT2D eigenvalue weighted by Gasteiger charge is 1.87. The Bertz CT molecular complexity index is 322. The van der Waals surface area contributed by atoms with Crippen LogP contribution in [0.2, 0.25) is 0 Å². The first-order valence-electron chi connectivity index (χ1n) is 5.35. The highest BCUT2D eigenvalue weighted by molar-refractivity contribution is 5.79. The predicted molar refractivity (Wildman–Crippen MR) is 63.0 cm³/mol. The summed E-state index contributed by atoms with van der Waals surface area (Å²) < 4.78 is 0. The third kappa shape index (κ3) is 5.64. The SMILES string of the molecule is N#CCCCCCN=Cc1ccccc1. The van der Waals surface area contributed by atoms with Gasteiger partial charge in [0.1, 0.15) is 0 Å². The van der Waals surface area contributed by atoms with Crippen LogP contribution in [0.1, 0.15) is 31.2 Å². The highest BCUT2D eigenvalue weighted by Crippen LogP contribution is 1.99. The van der Waals surface area contributed by atoms with Crippen molar-refractivity contribution in [2.45, 2.75) is 25.7 Å². The van der Waals surface area contributed by atoms with E-state index in [1.807, 2.05) is 36.5 Å². The van der Waals surface area contributed by atoms with Crippen molar-refractivity contribution >= 4 is 6.21 Å². The molecule has 0 atom stereocenters. The average molecular weight is 200 g/mol. The molecule has 0 amide bonds. The van der Waals surface area contributed by atoms with Crippen LogP contribution in [-0.2, 0) is 0 Å². The predicted octanol–water partition coefficient (Wildman–Crippen LogP) is 3.19. The number of rotatable bonds is 6. The molecule has 0 aliphatic carbocycles. The lowest BCUT2D eigenvalue weighted by molar-refractivity contribution is 0.701. The molecule has 0 N–H and O–H groups in total. The maximum absolute atomic E-state index is 8.34. The molecule has 1 rings (SSSR count). The van der Waals surface area contributed by atoms with Crippen LogP contribution in [0.5, 0.6) is 0 Å². The van der Waals surface area contributed by atoms with Gasteiger partial charge in [-0.05, 0) is 18.4 Å². The molecule has 0 saturated heterocycles. The Morgan fingerprint density at radius 1 is 1.13 bits per heavy atom. The van der Waals surface area contributed by atoms with Crippen LogP contribution in [0.25, 0.3) is 0 Å². The van der Waals surface area contributed by atoms with Crippen molar-refractivity contribution < 1.29 is 0 Å². The number of nitrogens with zero attached hydrogens (tertiary/aromatic N) is 2. The second-order valence-corrected chi connectivity index (χ2v) is 3.41. The minimum Gasteiger partial charge on any atom is -0.293 e. The number of hydrogen-bond donors (Lipinski definition) is 0. The lowest BCUT2D eigenvalue weighted by Gasteiger charge is -1.94. The maximum Gasteiger partial charge on any atom is 0.0621 e. The topological polar surface area (TPSA) is 36.1 Å². The Labute approximate surface area is 91.3 Å². The van der Waals surface area contributed by atoms with Crippen LogP contribution in [-0.4, -0.2) is 12.8 Å². The van der Waals surface area contributed by atoms with Gasteiger partial charge in [-0.1, -0.05) is 36.8 Å². The molecule has 2 heteroatoms. The smallest absolute Gasteiger partial charge is 0.0621 e. The van der Waals surface area contributed by atoms with Crippen molar-refractivity contribution in [1.82, 2.24) is 0 Å². The van der Waals surface area contributed by atoms with Crippen molar-refractivity contribution in [3.8, 4) is 6.07 Å². The summed E-state index contributed by atoms with van der Waals surface area (Å²) in [5.41, 5.74) is 1.15. The quantitative estimate of drug-likeness (QED) is 0.513. The van der Waals surface area contributed by atoms with Gasteiger partial charge in [0.15, 0.2) is 0 Å². The minimum atomic E-state index is 0.669. The van der Waals surface area contributed by atoms with Crippen LogP contribution < -0.4 is 0 Å². The van der Waals surface area contributed by atoms with Gasteiger partial charge >= 0.3 is 0 Å². The number of unbranched alkanes of at least 4 members (excludes halogenated alkanes) is 3. The van der Waals surface area contributed by atoms with Crippen LogP contribution in [0.15, 0.2) is 35.3 Å². The summed E-state index contributed by atoms with van der Waals surface area (Å²) in [6.07, 6.45) is 5.74. The van der Waals surface area contributed by atoms with Gasteiger partial charge in [0.2, 0.25) is 0 Å². The second-order valence-electron chi connectivity index (χ2n) is 3.41. The van der Waals surface area contributed by atoms with E-state index in [1.54, 1.807) is 0 Å². The molecular weight excluding hydrogens is 184 g/mol. The maximum atomic E-state index is 8.34. The van der Waals surface area contributed by atoms with Crippen molar-refractivity contribution in [3.63, 3.8) is 0 Å². The van der Waals surface area contributed by atoms with E-state index in [0.717, 1.165) is 31.4 Å². The van der Waals surface area contributed by atoms with Gasteiger partial charge < -0.3 is 0 Å². The molecule has 0 aromatic heterocycles. The average Bonchev–Trinajstić information content (AvgIpc) is 2.29. The van der Waals surface area contributed by atoms with Gasteiger partial charge in [-0.2, -0.15) is 5.26 Å². The van der Waals surface area contributed by atoms with Crippen molar-refractivity contribution in [2.75, 3.05) is 6.54 Å². The minimum absolute atomic E-state index is 0.669. The molecule has 0 aliphatic heterocycles. The van der Waals surface area contributed by atoms with Crippen LogP contribution in [0, 0.1) is 11.3 Å². The first-order chi connectivity index (χ1) is 7.43. The molecule has 2 nitrogen and oxygen atoms in total. The van der Waals surface area contributed by atoms with Gasteiger partial charge in [0.25, 0.3) is 0 Å². The highest BCUT2D eigenvalue weighted by atomic mass is 14.7. The monoisotopic (exact) mass is 200 g/mol. The fourth-order valence-electron chi connectivity index (χ4n) is 1.29. The molecule has 0 bridgehead atoms. The summed E-state index contributed by atoms with van der Waals surface area (Å²) in [5, 5.41) is 8.34. The van der Waals surface area contributed by atoms with E-state index in [9.17, 15) is 0 Å². The van der Waals surface area contributed by atoms with E-state index in [2.05, 4.69) is 11.1 Å². The molecule has 1 aromatic rings. The molecule has 0 aliphatic rings. The third-order valence-electron chi connectivity index (χ3n) is 2.12. The van der Waals surface area contributed by atoms with E-state index in [4.69, 9.17) is 5.26 Å². The van der Waals surface area contributed by atoms with Crippen molar-refractivity contribution in [1.29, 1.82) is 5.26 Å². The molecule has 0 heterocycles. The van der Waals surface area contributed by atoms with E-state index < -0.39 is 0 Å². The molecule has 0 unspecified atom stereocenters. The summed E-state index contributed by atoms with van der Waals surface area (Å²) in [5.74, 6) is 0. The lowest BCUT2D eigenvalue weighted by Crippen LogP contribution is -1.85. The number of aliphatic imine (C=N–C) groups is 1. The summed E-state index contributed by atoms with van der Waals surface area (Å²) in [6.45, 7) is 0.861. The zero-order valence-corrected chi connectivity index (χ0v) is 8.89. The van der Waals surface area contributed by atoms with Gasteiger partial charge in [-0.3, -0.25) is 4.99 Å². The van der Waals surface area contributed by atoms with Crippen LogP contribution in [0.3, 0.4) is 0 Å². The van der Waals surface area contributed by atoms with E-state index in [1.165, 1.54) is 0 Å². The van der Waals surface area contributed by atoms with Crippen LogP contribution in [0.4, 0.5) is 0 Å². The lowest BCUT2D eigenvalue weighted by atomic mass is 10.2. The first-order valence-corrected chi connectivity index (χ1v) is 5.35.